The first-order valence-corrected chi connectivity index (χ1v) is 10.5. The van der Waals surface area contributed by atoms with Crippen molar-refractivity contribution in [2.75, 3.05) is 19.6 Å². The summed E-state index contributed by atoms with van der Waals surface area (Å²) in [6.45, 7) is 0.962. The van der Waals surface area contributed by atoms with Gasteiger partial charge in [-0.15, -0.1) is 0 Å². The number of nitrogens with zero attached hydrogens (tertiary/aromatic N) is 2. The first kappa shape index (κ1) is 25.4. The number of hydrogen-bond acceptors (Lipinski definition) is 4. The van der Waals surface area contributed by atoms with E-state index in [0.717, 1.165) is 17.7 Å². The lowest BCUT2D eigenvalue weighted by Gasteiger charge is -2.45. The molecule has 33 heavy (non-hydrogen) atoms. The van der Waals surface area contributed by atoms with Crippen LogP contribution in [0.3, 0.4) is 0 Å². The molecular weight excluding hydrogens is 482 g/mol. The number of rotatable bonds is 4. The van der Waals surface area contributed by atoms with Gasteiger partial charge >= 0.3 is 24.4 Å². The van der Waals surface area contributed by atoms with E-state index >= 15 is 0 Å². The molecule has 0 aliphatic carbocycles. The number of alkyl halides is 6. The Kier molecular flexibility index (Phi) is 7.09. The summed E-state index contributed by atoms with van der Waals surface area (Å²) in [6, 6.07) is 4.65. The van der Waals surface area contributed by atoms with Crippen LogP contribution >= 0.6 is 11.6 Å². The number of carbonyl (C=O) groups excluding carboxylic acids is 1. The highest BCUT2D eigenvalue weighted by molar-refractivity contribution is 6.33. The minimum absolute atomic E-state index is 0.0381. The van der Waals surface area contributed by atoms with E-state index in [1.165, 1.54) is 12.1 Å². The highest BCUT2D eigenvalue weighted by atomic mass is 35.5. The average molecular weight is 503 g/mol. The van der Waals surface area contributed by atoms with Crippen molar-refractivity contribution in [2.45, 2.75) is 56.2 Å². The van der Waals surface area contributed by atoms with Gasteiger partial charge in [-0.1, -0.05) is 17.7 Å². The van der Waals surface area contributed by atoms with Gasteiger partial charge in [0, 0.05) is 25.2 Å². The van der Waals surface area contributed by atoms with Gasteiger partial charge in [-0.25, -0.2) is 9.59 Å². The predicted molar refractivity (Wildman–Crippen MR) is 104 cm³/mol. The van der Waals surface area contributed by atoms with Gasteiger partial charge in [-0.3, -0.25) is 4.90 Å². The first-order chi connectivity index (χ1) is 15.2. The van der Waals surface area contributed by atoms with E-state index in [1.54, 1.807) is 6.07 Å². The Morgan fingerprint density at radius 2 is 1.67 bits per heavy atom. The Bertz CT molecular complexity index is 886. The monoisotopic (exact) mass is 502 g/mol. The molecule has 13 heteroatoms. The van der Waals surface area contributed by atoms with E-state index in [-0.39, 0.29) is 23.7 Å². The van der Waals surface area contributed by atoms with Crippen molar-refractivity contribution in [3.05, 3.63) is 34.3 Å². The highest BCUT2D eigenvalue weighted by Gasteiger charge is 2.60. The molecule has 1 amide bonds. The molecule has 1 aromatic carbocycles. The SMILES string of the molecule is O=C(O)c1cc(CN2CCCC23CCN(C(=O)OC(C(F)(F)F)C(F)(F)F)CC3)ccc1Cl. The van der Waals surface area contributed by atoms with E-state index in [9.17, 15) is 41.0 Å². The minimum Gasteiger partial charge on any atom is -0.478 e. The van der Waals surface area contributed by atoms with Crippen LogP contribution in [0.5, 0.6) is 0 Å². The van der Waals surface area contributed by atoms with Gasteiger partial charge in [-0.2, -0.15) is 26.3 Å². The second kappa shape index (κ2) is 9.21. The summed E-state index contributed by atoms with van der Waals surface area (Å²) >= 11 is 5.90. The predicted octanol–water partition coefficient (Wildman–Crippen LogP) is 5.10. The molecule has 1 spiro atoms. The maximum Gasteiger partial charge on any atom is 0.434 e. The number of amides is 1. The van der Waals surface area contributed by atoms with Gasteiger partial charge in [-0.05, 0) is 49.9 Å². The summed E-state index contributed by atoms with van der Waals surface area (Å²) in [5.41, 5.74) is 0.273. The number of likely N-dealkylation sites (tertiary alicyclic amines) is 2. The molecule has 2 heterocycles. The number of carbonyl (C=O) groups is 2. The Balaban J connectivity index is 1.65. The van der Waals surface area contributed by atoms with Crippen molar-refractivity contribution in [1.29, 1.82) is 0 Å². The molecule has 1 N–H and O–H groups in total. The molecule has 0 unspecified atom stereocenters. The third-order valence-corrected chi connectivity index (χ3v) is 6.47. The third kappa shape index (κ3) is 5.65. The number of ether oxygens (including phenoxy) is 1. The molecule has 0 bridgehead atoms. The number of benzene rings is 1. The topological polar surface area (TPSA) is 70.1 Å². The van der Waals surface area contributed by atoms with Crippen LogP contribution in [0.15, 0.2) is 18.2 Å². The number of hydrogen-bond donors (Lipinski definition) is 1. The van der Waals surface area contributed by atoms with Crippen molar-refractivity contribution in [2.24, 2.45) is 0 Å². The highest BCUT2D eigenvalue weighted by Crippen LogP contribution is 2.41. The molecule has 2 aliphatic rings. The summed E-state index contributed by atoms with van der Waals surface area (Å²) in [7, 11) is 0. The number of halogens is 7. The lowest BCUT2D eigenvalue weighted by atomic mass is 9.85. The van der Waals surface area contributed by atoms with Crippen LogP contribution in [-0.2, 0) is 11.3 Å². The van der Waals surface area contributed by atoms with E-state index in [2.05, 4.69) is 9.64 Å². The molecule has 1 aromatic rings. The Hall–Kier alpha value is -2.21. The van der Waals surface area contributed by atoms with E-state index in [1.807, 2.05) is 0 Å². The van der Waals surface area contributed by atoms with Crippen molar-refractivity contribution in [3.8, 4) is 0 Å². The second-order valence-electron chi connectivity index (χ2n) is 8.20. The van der Waals surface area contributed by atoms with Crippen LogP contribution in [0.4, 0.5) is 31.1 Å². The van der Waals surface area contributed by atoms with Gasteiger partial charge in [0.05, 0.1) is 10.6 Å². The molecule has 6 nitrogen and oxygen atoms in total. The quantitative estimate of drug-likeness (QED) is 0.580. The average Bonchev–Trinajstić information content (AvgIpc) is 3.07. The van der Waals surface area contributed by atoms with Crippen LogP contribution in [0.25, 0.3) is 0 Å². The van der Waals surface area contributed by atoms with Crippen molar-refractivity contribution in [3.63, 3.8) is 0 Å². The second-order valence-corrected chi connectivity index (χ2v) is 8.61. The van der Waals surface area contributed by atoms with Gasteiger partial charge < -0.3 is 14.7 Å². The lowest BCUT2D eigenvalue weighted by Crippen LogP contribution is -2.54. The number of aromatic carboxylic acids is 1. The number of carboxylic acid groups (broad SMARTS) is 1. The number of carboxylic acids is 1. The summed E-state index contributed by atoms with van der Waals surface area (Å²) in [4.78, 5) is 26.3. The molecular formula is C20H21ClF6N2O4. The zero-order chi connectivity index (χ0) is 24.6. The molecule has 0 atom stereocenters. The maximum absolute atomic E-state index is 12.7. The zero-order valence-corrected chi connectivity index (χ0v) is 17.9. The standard InChI is InChI=1S/C20H21ClF6N2O4/c21-14-3-2-12(10-13(14)15(30)31)11-29-7-1-4-18(29)5-8-28(9-6-18)17(32)33-16(19(22,23)24)20(25,26)27/h2-3,10,16H,1,4-9,11H2,(H,30,31). The summed E-state index contributed by atoms with van der Waals surface area (Å²) in [5, 5.41) is 9.35. The van der Waals surface area contributed by atoms with Gasteiger partial charge in [0.1, 0.15) is 0 Å². The Morgan fingerprint density at radius 3 is 2.21 bits per heavy atom. The largest absolute Gasteiger partial charge is 0.478 e. The van der Waals surface area contributed by atoms with Crippen molar-refractivity contribution >= 4 is 23.7 Å². The van der Waals surface area contributed by atoms with Crippen molar-refractivity contribution < 1.29 is 45.8 Å². The molecule has 0 saturated carbocycles. The van der Waals surface area contributed by atoms with Gasteiger partial charge in [0.25, 0.3) is 6.10 Å². The van der Waals surface area contributed by atoms with E-state index in [4.69, 9.17) is 11.6 Å². The molecule has 2 aliphatic heterocycles. The minimum atomic E-state index is -5.76. The maximum atomic E-state index is 12.7. The Labute approximate surface area is 190 Å². The summed E-state index contributed by atoms with van der Waals surface area (Å²) in [5.74, 6) is -1.17. The van der Waals surface area contributed by atoms with Crippen LogP contribution in [0.2, 0.25) is 5.02 Å². The van der Waals surface area contributed by atoms with Crippen LogP contribution in [0.1, 0.15) is 41.6 Å². The molecule has 0 radical (unpaired) electrons. The van der Waals surface area contributed by atoms with E-state index < -0.39 is 36.1 Å². The molecule has 3 rings (SSSR count). The summed E-state index contributed by atoms with van der Waals surface area (Å²) < 4.78 is 79.9. The molecule has 0 aromatic heterocycles. The van der Waals surface area contributed by atoms with Crippen LogP contribution in [-0.4, -0.2) is 70.6 Å². The fourth-order valence-electron chi connectivity index (χ4n) is 4.46. The van der Waals surface area contributed by atoms with Gasteiger partial charge in [0.2, 0.25) is 0 Å². The normalized spacial score (nSPS) is 19.3. The van der Waals surface area contributed by atoms with Crippen LogP contribution in [0, 0.1) is 0 Å². The first-order valence-electron chi connectivity index (χ1n) is 10.1. The molecule has 2 saturated heterocycles. The van der Waals surface area contributed by atoms with Crippen LogP contribution < -0.4 is 0 Å². The fourth-order valence-corrected chi connectivity index (χ4v) is 4.66. The van der Waals surface area contributed by atoms with E-state index in [0.29, 0.717) is 31.5 Å². The van der Waals surface area contributed by atoms with Crippen molar-refractivity contribution in [1.82, 2.24) is 9.80 Å². The number of piperidine rings is 1. The molecule has 2 fully saturated rings. The smallest absolute Gasteiger partial charge is 0.434 e. The third-order valence-electron chi connectivity index (χ3n) is 6.14. The Morgan fingerprint density at radius 1 is 1.06 bits per heavy atom. The zero-order valence-electron chi connectivity index (χ0n) is 17.2. The molecule has 184 valence electrons. The van der Waals surface area contributed by atoms with Gasteiger partial charge in [0.15, 0.2) is 0 Å². The summed E-state index contributed by atoms with van der Waals surface area (Å²) in [6.07, 6.45) is -15.1. The lowest BCUT2D eigenvalue weighted by molar-refractivity contribution is -0.308. The fraction of sp³-hybridized carbons (Fsp3) is 0.600.